The molecule has 6 nitrogen and oxygen atoms in total. The standard InChI is InChI=1S/C20H26NO5P/c1-2-3-14-19(21-20(22)25-15-17-10-6-4-7-11-17)27(23,24)26-16-18-12-8-5-9-13-18/h4-13,19H,2-3,14-16H2,1H3,(H,21,22)(H,23,24). The van der Waals surface area contributed by atoms with Gasteiger partial charge in [0.25, 0.3) is 0 Å². The van der Waals surface area contributed by atoms with Crippen LogP contribution in [0.1, 0.15) is 37.3 Å². The van der Waals surface area contributed by atoms with Crippen LogP contribution in [-0.2, 0) is 27.0 Å². The van der Waals surface area contributed by atoms with Gasteiger partial charge in [-0.3, -0.25) is 4.57 Å². The van der Waals surface area contributed by atoms with Crippen molar-refractivity contribution in [2.45, 2.75) is 45.2 Å². The third-order valence-electron chi connectivity index (χ3n) is 3.98. The zero-order chi connectivity index (χ0) is 19.5. The van der Waals surface area contributed by atoms with Gasteiger partial charge < -0.3 is 19.5 Å². The molecule has 0 aliphatic rings. The lowest BCUT2D eigenvalue weighted by Gasteiger charge is -2.23. The Morgan fingerprint density at radius 3 is 2.15 bits per heavy atom. The highest BCUT2D eigenvalue weighted by atomic mass is 31.2. The third kappa shape index (κ3) is 7.55. The maximum Gasteiger partial charge on any atom is 0.408 e. The number of benzene rings is 2. The predicted molar refractivity (Wildman–Crippen MR) is 104 cm³/mol. The van der Waals surface area contributed by atoms with Crippen LogP contribution in [-0.4, -0.2) is 16.8 Å². The number of hydrogen-bond acceptors (Lipinski definition) is 4. The molecular formula is C20H26NO5P. The molecule has 2 N–H and O–H groups in total. The number of alkyl carbamates (subject to hydrolysis) is 1. The van der Waals surface area contributed by atoms with E-state index in [4.69, 9.17) is 9.26 Å². The molecule has 0 fully saturated rings. The summed E-state index contributed by atoms with van der Waals surface area (Å²) in [5, 5.41) is 2.50. The fourth-order valence-corrected chi connectivity index (χ4v) is 3.74. The minimum Gasteiger partial charge on any atom is -0.445 e. The maximum absolute atomic E-state index is 12.7. The molecule has 2 aromatic rings. The fraction of sp³-hybridized carbons (Fsp3) is 0.350. The Morgan fingerprint density at radius 1 is 1.04 bits per heavy atom. The average molecular weight is 391 g/mol. The van der Waals surface area contributed by atoms with Crippen molar-refractivity contribution in [3.8, 4) is 0 Å². The van der Waals surface area contributed by atoms with Crippen LogP contribution in [0.4, 0.5) is 4.79 Å². The molecular weight excluding hydrogens is 365 g/mol. The molecule has 0 aliphatic heterocycles. The van der Waals surface area contributed by atoms with E-state index < -0.39 is 19.5 Å². The minimum absolute atomic E-state index is 0.00200. The van der Waals surface area contributed by atoms with Crippen LogP contribution < -0.4 is 5.32 Å². The molecule has 2 atom stereocenters. The van der Waals surface area contributed by atoms with E-state index >= 15 is 0 Å². The Bertz CT molecular complexity index is 739. The molecule has 146 valence electrons. The Hall–Kier alpha value is -2.14. The summed E-state index contributed by atoms with van der Waals surface area (Å²) in [6.07, 6.45) is 1.11. The van der Waals surface area contributed by atoms with Crippen molar-refractivity contribution in [1.82, 2.24) is 5.32 Å². The molecule has 0 heterocycles. The molecule has 0 aliphatic carbocycles. The summed E-state index contributed by atoms with van der Waals surface area (Å²) in [4.78, 5) is 22.4. The van der Waals surface area contributed by atoms with Gasteiger partial charge in [0.2, 0.25) is 0 Å². The van der Waals surface area contributed by atoms with Crippen LogP contribution in [0.3, 0.4) is 0 Å². The Balaban J connectivity index is 1.93. The van der Waals surface area contributed by atoms with Crippen molar-refractivity contribution < 1.29 is 23.5 Å². The Kier molecular flexibility index (Phi) is 8.52. The van der Waals surface area contributed by atoms with E-state index in [1.807, 2.05) is 67.6 Å². The summed E-state index contributed by atoms with van der Waals surface area (Å²) in [6, 6.07) is 18.4. The van der Waals surface area contributed by atoms with Crippen LogP contribution in [0, 0.1) is 0 Å². The van der Waals surface area contributed by atoms with E-state index in [-0.39, 0.29) is 13.2 Å². The number of ether oxygens (including phenoxy) is 1. The molecule has 1 amide bonds. The van der Waals surface area contributed by atoms with E-state index in [0.717, 1.165) is 17.5 Å². The molecule has 0 aromatic heterocycles. The Morgan fingerprint density at radius 2 is 1.59 bits per heavy atom. The summed E-state index contributed by atoms with van der Waals surface area (Å²) in [7, 11) is -4.06. The first-order chi connectivity index (χ1) is 13.0. The van der Waals surface area contributed by atoms with Crippen LogP contribution >= 0.6 is 7.60 Å². The normalized spacial score (nSPS) is 14.1. The second kappa shape index (κ2) is 10.9. The number of rotatable bonds is 10. The third-order valence-corrected chi connectivity index (χ3v) is 5.66. The van der Waals surface area contributed by atoms with Crippen molar-refractivity contribution in [1.29, 1.82) is 0 Å². The van der Waals surface area contributed by atoms with E-state index in [2.05, 4.69) is 5.32 Å². The molecule has 0 saturated carbocycles. The average Bonchev–Trinajstić information content (AvgIpc) is 2.69. The number of hydrogen-bond donors (Lipinski definition) is 2. The molecule has 7 heteroatoms. The zero-order valence-electron chi connectivity index (χ0n) is 15.4. The van der Waals surface area contributed by atoms with Crippen LogP contribution in [0.5, 0.6) is 0 Å². The lowest BCUT2D eigenvalue weighted by atomic mass is 10.2. The monoisotopic (exact) mass is 391 g/mol. The van der Waals surface area contributed by atoms with Crippen molar-refractivity contribution in [3.05, 3.63) is 71.8 Å². The van der Waals surface area contributed by atoms with Gasteiger partial charge >= 0.3 is 13.7 Å². The van der Waals surface area contributed by atoms with Gasteiger partial charge in [0.1, 0.15) is 12.4 Å². The minimum atomic E-state index is -4.06. The molecule has 0 spiro atoms. The van der Waals surface area contributed by atoms with Crippen molar-refractivity contribution in [2.24, 2.45) is 0 Å². The predicted octanol–water partition coefficient (Wildman–Crippen LogP) is 4.83. The van der Waals surface area contributed by atoms with Gasteiger partial charge in [-0.1, -0.05) is 80.4 Å². The van der Waals surface area contributed by atoms with Crippen molar-refractivity contribution in [3.63, 3.8) is 0 Å². The van der Waals surface area contributed by atoms with Gasteiger partial charge in [-0.15, -0.1) is 0 Å². The second-order valence-electron chi connectivity index (χ2n) is 6.19. The molecule has 27 heavy (non-hydrogen) atoms. The van der Waals surface area contributed by atoms with Gasteiger partial charge in [-0.05, 0) is 17.5 Å². The van der Waals surface area contributed by atoms with Gasteiger partial charge in [-0.25, -0.2) is 4.79 Å². The molecule has 2 rings (SSSR count). The van der Waals surface area contributed by atoms with Crippen molar-refractivity contribution >= 4 is 13.7 Å². The molecule has 0 radical (unpaired) electrons. The number of amides is 1. The van der Waals surface area contributed by atoms with Crippen LogP contribution in [0.15, 0.2) is 60.7 Å². The molecule has 0 bridgehead atoms. The first kappa shape index (κ1) is 21.2. The largest absolute Gasteiger partial charge is 0.445 e. The molecule has 0 saturated heterocycles. The number of unbranched alkanes of at least 4 members (excludes halogenated alkanes) is 1. The highest BCUT2D eigenvalue weighted by Gasteiger charge is 2.34. The summed E-state index contributed by atoms with van der Waals surface area (Å²) in [5.74, 6) is -1.01. The SMILES string of the molecule is CCCCC(NC(=O)OCc1ccccc1)P(=O)(O)OCc1ccccc1. The Labute approximate surface area is 160 Å². The topological polar surface area (TPSA) is 84.9 Å². The highest BCUT2D eigenvalue weighted by molar-refractivity contribution is 7.53. The molecule has 2 unspecified atom stereocenters. The second-order valence-corrected chi connectivity index (χ2v) is 8.20. The van der Waals surface area contributed by atoms with Crippen LogP contribution in [0.25, 0.3) is 0 Å². The van der Waals surface area contributed by atoms with Gasteiger partial charge in [0.05, 0.1) is 6.61 Å². The van der Waals surface area contributed by atoms with Gasteiger partial charge in [-0.2, -0.15) is 0 Å². The summed E-state index contributed by atoms with van der Waals surface area (Å²) >= 11 is 0. The first-order valence-electron chi connectivity index (χ1n) is 8.99. The zero-order valence-corrected chi connectivity index (χ0v) is 16.3. The van der Waals surface area contributed by atoms with Gasteiger partial charge in [0.15, 0.2) is 0 Å². The number of carbonyl (C=O) groups is 1. The fourth-order valence-electron chi connectivity index (χ4n) is 2.45. The van der Waals surface area contributed by atoms with Gasteiger partial charge in [0, 0.05) is 0 Å². The van der Waals surface area contributed by atoms with E-state index in [0.29, 0.717) is 12.8 Å². The lowest BCUT2D eigenvalue weighted by Crippen LogP contribution is -2.35. The quantitative estimate of drug-likeness (QED) is 0.567. The molecule has 2 aromatic carbocycles. The number of carbonyl (C=O) groups excluding carboxylic acids is 1. The number of nitrogens with one attached hydrogen (secondary N) is 1. The lowest BCUT2D eigenvalue weighted by molar-refractivity contribution is 0.135. The van der Waals surface area contributed by atoms with Crippen molar-refractivity contribution in [2.75, 3.05) is 0 Å². The van der Waals surface area contributed by atoms with E-state index in [9.17, 15) is 14.3 Å². The highest BCUT2D eigenvalue weighted by Crippen LogP contribution is 2.49. The van der Waals surface area contributed by atoms with E-state index in [1.165, 1.54) is 0 Å². The smallest absolute Gasteiger partial charge is 0.408 e. The first-order valence-corrected chi connectivity index (χ1v) is 10.6. The summed E-state index contributed by atoms with van der Waals surface area (Å²) in [6.45, 7) is 2.06. The summed E-state index contributed by atoms with van der Waals surface area (Å²) in [5.41, 5.74) is 1.62. The summed E-state index contributed by atoms with van der Waals surface area (Å²) < 4.78 is 23.1. The maximum atomic E-state index is 12.7. The van der Waals surface area contributed by atoms with Crippen LogP contribution in [0.2, 0.25) is 0 Å². The van der Waals surface area contributed by atoms with E-state index in [1.54, 1.807) is 0 Å².